The predicted octanol–water partition coefficient (Wildman–Crippen LogP) is 2.42. The van der Waals surface area contributed by atoms with Gasteiger partial charge >= 0.3 is 0 Å². The molecule has 6 heteroatoms. The van der Waals surface area contributed by atoms with Gasteiger partial charge in [-0.15, -0.1) is 11.8 Å². The first-order chi connectivity index (χ1) is 12.1. The molecule has 3 N–H and O–H groups in total. The molecule has 1 aromatic rings. The third-order valence-corrected chi connectivity index (χ3v) is 5.25. The Hall–Kier alpha value is -1.53. The minimum absolute atomic E-state index is 0.0139. The fraction of sp³-hybridized carbons (Fsp3) is 0.579. The van der Waals surface area contributed by atoms with E-state index < -0.39 is 0 Å². The first-order valence-corrected chi connectivity index (χ1v) is 10.0. The van der Waals surface area contributed by atoms with Crippen molar-refractivity contribution in [1.29, 1.82) is 0 Å². The van der Waals surface area contributed by atoms with Crippen LogP contribution in [0.3, 0.4) is 0 Å². The molecule has 0 bridgehead atoms. The van der Waals surface area contributed by atoms with Crippen LogP contribution in [0.1, 0.15) is 43.5 Å². The average molecular weight is 364 g/mol. The Bertz CT molecular complexity index is 572. The van der Waals surface area contributed by atoms with Gasteiger partial charge in [0, 0.05) is 17.5 Å². The Labute approximate surface area is 154 Å². The van der Waals surface area contributed by atoms with Crippen molar-refractivity contribution in [3.8, 4) is 0 Å². The largest absolute Gasteiger partial charge is 0.353 e. The molecule has 0 spiro atoms. The van der Waals surface area contributed by atoms with Crippen LogP contribution in [0.15, 0.2) is 29.2 Å². The molecule has 2 rings (SSSR count). The summed E-state index contributed by atoms with van der Waals surface area (Å²) < 4.78 is 0. The Kier molecular flexibility index (Phi) is 8.28. The molecule has 1 aliphatic heterocycles. The van der Waals surface area contributed by atoms with E-state index >= 15 is 0 Å². The van der Waals surface area contributed by atoms with Gasteiger partial charge in [-0.3, -0.25) is 9.59 Å². The van der Waals surface area contributed by atoms with E-state index in [2.05, 4.69) is 16.0 Å². The van der Waals surface area contributed by atoms with Crippen molar-refractivity contribution >= 4 is 23.6 Å². The Morgan fingerprint density at radius 2 is 2.12 bits per heavy atom. The number of carbonyl (C=O) groups is 2. The van der Waals surface area contributed by atoms with Crippen LogP contribution in [0.2, 0.25) is 0 Å². The number of carbonyl (C=O) groups excluding carboxylic acids is 2. The van der Waals surface area contributed by atoms with Crippen LogP contribution in [-0.2, 0) is 4.79 Å². The maximum Gasteiger partial charge on any atom is 0.252 e. The zero-order valence-electron chi connectivity index (χ0n) is 15.1. The van der Waals surface area contributed by atoms with E-state index in [1.165, 1.54) is 24.6 Å². The summed E-state index contributed by atoms with van der Waals surface area (Å²) in [5, 5.41) is 9.29. The van der Waals surface area contributed by atoms with Gasteiger partial charge in [-0.2, -0.15) is 0 Å². The smallest absolute Gasteiger partial charge is 0.252 e. The summed E-state index contributed by atoms with van der Waals surface area (Å²) in [6.45, 7) is 6.72. The minimum atomic E-state index is -0.0591. The number of thioether (sulfide) groups is 1. The molecule has 25 heavy (non-hydrogen) atoms. The molecule has 2 amide bonds. The third kappa shape index (κ3) is 7.08. The van der Waals surface area contributed by atoms with Crippen LogP contribution in [-0.4, -0.2) is 43.2 Å². The van der Waals surface area contributed by atoms with Gasteiger partial charge in [0.25, 0.3) is 5.91 Å². The van der Waals surface area contributed by atoms with Crippen molar-refractivity contribution in [2.45, 2.75) is 44.0 Å². The van der Waals surface area contributed by atoms with Gasteiger partial charge < -0.3 is 16.0 Å². The molecular weight excluding hydrogens is 334 g/mol. The van der Waals surface area contributed by atoms with Crippen molar-refractivity contribution in [1.82, 2.24) is 16.0 Å². The maximum absolute atomic E-state index is 12.5. The lowest BCUT2D eigenvalue weighted by molar-refractivity contribution is -0.119. The second-order valence-corrected chi connectivity index (χ2v) is 7.78. The third-order valence-electron chi connectivity index (χ3n) is 4.18. The molecule has 0 saturated carbocycles. The molecule has 1 aromatic carbocycles. The van der Waals surface area contributed by atoms with E-state index in [4.69, 9.17) is 0 Å². The second kappa shape index (κ2) is 10.5. The van der Waals surface area contributed by atoms with Gasteiger partial charge in [-0.05, 0) is 64.3 Å². The standard InChI is InChI=1S/C19H29N3O2S/c1-14(2)22-18(23)13-25-17-8-4-3-7-16(17)19(24)21-11-9-15-6-5-10-20-12-15/h3-4,7-8,14-15,20H,5-6,9-13H2,1-2H3,(H,21,24)(H,22,23). The molecular formula is C19H29N3O2S. The quantitative estimate of drug-likeness (QED) is 0.621. The number of rotatable bonds is 8. The number of hydrogen-bond donors (Lipinski definition) is 3. The van der Waals surface area contributed by atoms with Crippen LogP contribution in [0, 0.1) is 5.92 Å². The van der Waals surface area contributed by atoms with Gasteiger partial charge in [0.15, 0.2) is 0 Å². The summed E-state index contributed by atoms with van der Waals surface area (Å²) in [5.41, 5.74) is 0.645. The second-order valence-electron chi connectivity index (χ2n) is 6.76. The fourth-order valence-electron chi connectivity index (χ4n) is 2.94. The van der Waals surface area contributed by atoms with E-state index in [1.54, 1.807) is 0 Å². The van der Waals surface area contributed by atoms with Crippen molar-refractivity contribution in [2.75, 3.05) is 25.4 Å². The lowest BCUT2D eigenvalue weighted by Gasteiger charge is -2.22. The Balaban J connectivity index is 1.83. The molecule has 1 unspecified atom stereocenters. The number of hydrogen-bond acceptors (Lipinski definition) is 4. The minimum Gasteiger partial charge on any atom is -0.353 e. The van der Waals surface area contributed by atoms with Crippen molar-refractivity contribution in [3.63, 3.8) is 0 Å². The fourth-order valence-corrected chi connectivity index (χ4v) is 3.80. The molecule has 1 fully saturated rings. The normalized spacial score (nSPS) is 17.3. The summed E-state index contributed by atoms with van der Waals surface area (Å²) in [5.74, 6) is 0.894. The highest BCUT2D eigenvalue weighted by Crippen LogP contribution is 2.22. The molecule has 1 aliphatic rings. The summed E-state index contributed by atoms with van der Waals surface area (Å²) in [6.07, 6.45) is 3.46. The number of amides is 2. The van der Waals surface area contributed by atoms with E-state index in [9.17, 15) is 9.59 Å². The molecule has 138 valence electrons. The lowest BCUT2D eigenvalue weighted by Crippen LogP contribution is -2.33. The number of piperidine rings is 1. The average Bonchev–Trinajstić information content (AvgIpc) is 2.60. The van der Waals surface area contributed by atoms with E-state index in [0.717, 1.165) is 24.4 Å². The Morgan fingerprint density at radius 1 is 1.32 bits per heavy atom. The van der Waals surface area contributed by atoms with Gasteiger partial charge in [0.2, 0.25) is 5.91 Å². The highest BCUT2D eigenvalue weighted by Gasteiger charge is 2.15. The van der Waals surface area contributed by atoms with Crippen molar-refractivity contribution < 1.29 is 9.59 Å². The van der Waals surface area contributed by atoms with Crippen molar-refractivity contribution in [3.05, 3.63) is 29.8 Å². The number of nitrogens with one attached hydrogen (secondary N) is 3. The van der Waals surface area contributed by atoms with E-state index in [0.29, 0.717) is 23.8 Å². The first kappa shape index (κ1) is 19.8. The molecule has 1 heterocycles. The highest BCUT2D eigenvalue weighted by atomic mass is 32.2. The lowest BCUT2D eigenvalue weighted by atomic mass is 9.96. The van der Waals surface area contributed by atoms with Crippen LogP contribution >= 0.6 is 11.8 Å². The molecule has 0 radical (unpaired) electrons. The zero-order chi connectivity index (χ0) is 18.1. The molecule has 5 nitrogen and oxygen atoms in total. The summed E-state index contributed by atoms with van der Waals surface area (Å²) in [4.78, 5) is 25.2. The molecule has 1 saturated heterocycles. The predicted molar refractivity (Wildman–Crippen MR) is 103 cm³/mol. The van der Waals surface area contributed by atoms with Crippen molar-refractivity contribution in [2.24, 2.45) is 5.92 Å². The van der Waals surface area contributed by atoms with E-state index in [-0.39, 0.29) is 17.9 Å². The monoisotopic (exact) mass is 363 g/mol. The summed E-state index contributed by atoms with van der Waals surface area (Å²) in [7, 11) is 0. The highest BCUT2D eigenvalue weighted by molar-refractivity contribution is 8.00. The van der Waals surface area contributed by atoms with Gasteiger partial charge in [-0.1, -0.05) is 12.1 Å². The molecule has 1 atom stereocenters. The van der Waals surface area contributed by atoms with Crippen LogP contribution in [0.4, 0.5) is 0 Å². The maximum atomic E-state index is 12.5. The summed E-state index contributed by atoms with van der Waals surface area (Å²) >= 11 is 1.40. The van der Waals surface area contributed by atoms with Gasteiger partial charge in [-0.25, -0.2) is 0 Å². The van der Waals surface area contributed by atoms with Gasteiger partial charge in [0.05, 0.1) is 11.3 Å². The zero-order valence-corrected chi connectivity index (χ0v) is 16.0. The van der Waals surface area contributed by atoms with Crippen LogP contribution < -0.4 is 16.0 Å². The molecule has 0 aliphatic carbocycles. The van der Waals surface area contributed by atoms with Crippen LogP contribution in [0.5, 0.6) is 0 Å². The SMILES string of the molecule is CC(C)NC(=O)CSc1ccccc1C(=O)NCCC1CCCNC1. The first-order valence-electron chi connectivity index (χ1n) is 9.06. The Morgan fingerprint density at radius 3 is 2.84 bits per heavy atom. The number of benzene rings is 1. The van der Waals surface area contributed by atoms with Gasteiger partial charge in [0.1, 0.15) is 0 Å². The molecule has 0 aromatic heterocycles. The van der Waals surface area contributed by atoms with Crippen LogP contribution in [0.25, 0.3) is 0 Å². The topological polar surface area (TPSA) is 70.2 Å². The summed E-state index contributed by atoms with van der Waals surface area (Å²) in [6, 6.07) is 7.60. The van der Waals surface area contributed by atoms with E-state index in [1.807, 2.05) is 38.1 Å².